The number of nitro benzene ring substituents is 1. The SMILES string of the molecule is Cc1ccc(-c2nc3ccc(C)cc3c(C(=O)OCC(=O)c3ccc([N+](=O)[O-])cc3)c2C)cc1. The molecule has 0 amide bonds. The summed E-state index contributed by atoms with van der Waals surface area (Å²) in [4.78, 5) is 40.8. The molecule has 0 atom stereocenters. The fourth-order valence-corrected chi connectivity index (χ4v) is 3.78. The highest BCUT2D eigenvalue weighted by molar-refractivity contribution is 6.07. The fraction of sp³-hybridized carbons (Fsp3) is 0.148. The molecule has 3 aromatic carbocycles. The Bertz CT molecular complexity index is 1420. The van der Waals surface area contributed by atoms with E-state index < -0.39 is 23.3 Å². The van der Waals surface area contributed by atoms with Gasteiger partial charge in [-0.1, -0.05) is 41.5 Å². The van der Waals surface area contributed by atoms with Crippen LogP contribution in [0, 0.1) is 30.9 Å². The standard InChI is InChI=1S/C27H22N2O5/c1-16-4-7-20(8-5-16)26-18(3)25(22-14-17(2)6-13-23(22)28-26)27(31)34-15-24(30)19-9-11-21(12-10-19)29(32)33/h4-14H,15H2,1-3H3. The number of Topliss-reactive ketones (excluding diaryl/α,β-unsaturated/α-hetero) is 1. The Balaban J connectivity index is 1.67. The largest absolute Gasteiger partial charge is 0.454 e. The molecule has 0 spiro atoms. The molecule has 0 unspecified atom stereocenters. The van der Waals surface area contributed by atoms with Gasteiger partial charge in [0, 0.05) is 28.6 Å². The van der Waals surface area contributed by atoms with Crippen molar-refractivity contribution in [2.45, 2.75) is 20.8 Å². The van der Waals surface area contributed by atoms with E-state index in [0.717, 1.165) is 16.7 Å². The molecule has 4 rings (SSSR count). The maximum atomic E-state index is 13.2. The molecule has 170 valence electrons. The number of hydrogen-bond acceptors (Lipinski definition) is 6. The summed E-state index contributed by atoms with van der Waals surface area (Å²) in [5.41, 5.74) is 5.41. The fourth-order valence-electron chi connectivity index (χ4n) is 3.78. The number of rotatable bonds is 6. The minimum Gasteiger partial charge on any atom is -0.454 e. The number of ketones is 1. The van der Waals surface area contributed by atoms with Gasteiger partial charge in [-0.3, -0.25) is 14.9 Å². The molecule has 0 aliphatic carbocycles. The molecular weight excluding hydrogens is 432 g/mol. The van der Waals surface area contributed by atoms with Crippen LogP contribution in [0.15, 0.2) is 66.7 Å². The molecule has 0 radical (unpaired) electrons. The summed E-state index contributed by atoms with van der Waals surface area (Å²) in [6.07, 6.45) is 0. The Labute approximate surface area is 196 Å². The third-order valence-corrected chi connectivity index (χ3v) is 5.65. The van der Waals surface area contributed by atoms with Gasteiger partial charge in [0.05, 0.1) is 21.7 Å². The predicted octanol–water partition coefficient (Wildman–Crippen LogP) is 5.77. The molecule has 0 N–H and O–H groups in total. The Hall–Kier alpha value is -4.39. The first-order valence-electron chi connectivity index (χ1n) is 10.7. The van der Waals surface area contributed by atoms with Crippen molar-refractivity contribution in [3.05, 3.63) is 105 Å². The lowest BCUT2D eigenvalue weighted by Crippen LogP contribution is -2.16. The molecular formula is C27H22N2O5. The first-order chi connectivity index (χ1) is 16.2. The molecule has 1 heterocycles. The Kier molecular flexibility index (Phi) is 6.19. The molecule has 0 bridgehead atoms. The Morgan fingerprint density at radius 2 is 1.56 bits per heavy atom. The zero-order valence-electron chi connectivity index (χ0n) is 19.0. The molecule has 0 aliphatic rings. The Morgan fingerprint density at radius 3 is 2.21 bits per heavy atom. The molecule has 0 fully saturated rings. The number of nitrogens with zero attached hydrogens (tertiary/aromatic N) is 2. The van der Waals surface area contributed by atoms with Crippen molar-refractivity contribution >= 4 is 28.3 Å². The number of fused-ring (bicyclic) bond motifs is 1. The van der Waals surface area contributed by atoms with Crippen molar-refractivity contribution in [1.82, 2.24) is 4.98 Å². The van der Waals surface area contributed by atoms with Crippen molar-refractivity contribution < 1.29 is 19.2 Å². The number of ether oxygens (including phenoxy) is 1. The highest BCUT2D eigenvalue weighted by Gasteiger charge is 2.21. The number of aryl methyl sites for hydroxylation is 2. The monoisotopic (exact) mass is 454 g/mol. The van der Waals surface area contributed by atoms with E-state index in [2.05, 4.69) is 0 Å². The first kappa shape index (κ1) is 22.8. The van der Waals surface area contributed by atoms with E-state index in [1.54, 1.807) is 0 Å². The zero-order valence-corrected chi connectivity index (χ0v) is 19.0. The van der Waals surface area contributed by atoms with Gasteiger partial charge in [-0.15, -0.1) is 0 Å². The normalized spacial score (nSPS) is 10.8. The second kappa shape index (κ2) is 9.23. The van der Waals surface area contributed by atoms with Crippen LogP contribution in [0.25, 0.3) is 22.2 Å². The van der Waals surface area contributed by atoms with Crippen LogP contribution in [0.4, 0.5) is 5.69 Å². The molecule has 7 heteroatoms. The number of pyridine rings is 1. The minimum atomic E-state index is -0.626. The lowest BCUT2D eigenvalue weighted by molar-refractivity contribution is -0.384. The van der Waals surface area contributed by atoms with Gasteiger partial charge in [-0.25, -0.2) is 9.78 Å². The highest BCUT2D eigenvalue weighted by Crippen LogP contribution is 2.31. The quantitative estimate of drug-likeness (QED) is 0.159. The lowest BCUT2D eigenvalue weighted by Gasteiger charge is -2.15. The van der Waals surface area contributed by atoms with Gasteiger partial charge in [0.15, 0.2) is 12.4 Å². The van der Waals surface area contributed by atoms with Crippen molar-refractivity contribution in [2.75, 3.05) is 6.61 Å². The van der Waals surface area contributed by atoms with Crippen LogP contribution in [0.1, 0.15) is 37.4 Å². The van der Waals surface area contributed by atoms with E-state index in [1.165, 1.54) is 24.3 Å². The average molecular weight is 454 g/mol. The van der Waals surface area contributed by atoms with Crippen LogP contribution in [0.2, 0.25) is 0 Å². The van der Waals surface area contributed by atoms with E-state index >= 15 is 0 Å². The zero-order chi connectivity index (χ0) is 24.4. The van der Waals surface area contributed by atoms with Crippen LogP contribution >= 0.6 is 0 Å². The third kappa shape index (κ3) is 4.54. The topological polar surface area (TPSA) is 99.4 Å². The molecule has 34 heavy (non-hydrogen) atoms. The van der Waals surface area contributed by atoms with E-state index in [0.29, 0.717) is 27.7 Å². The second-order valence-electron chi connectivity index (χ2n) is 8.15. The lowest BCUT2D eigenvalue weighted by atomic mass is 9.96. The molecule has 7 nitrogen and oxygen atoms in total. The molecule has 0 saturated carbocycles. The third-order valence-electron chi connectivity index (χ3n) is 5.65. The van der Waals surface area contributed by atoms with Crippen LogP contribution in [0.5, 0.6) is 0 Å². The number of hydrogen-bond donors (Lipinski definition) is 0. The highest BCUT2D eigenvalue weighted by atomic mass is 16.6. The average Bonchev–Trinajstić information content (AvgIpc) is 2.82. The second-order valence-corrected chi connectivity index (χ2v) is 8.15. The first-order valence-corrected chi connectivity index (χ1v) is 10.7. The summed E-state index contributed by atoms with van der Waals surface area (Å²) >= 11 is 0. The summed E-state index contributed by atoms with van der Waals surface area (Å²) < 4.78 is 5.41. The van der Waals surface area contributed by atoms with Crippen LogP contribution in [-0.2, 0) is 4.74 Å². The molecule has 1 aromatic heterocycles. The van der Waals surface area contributed by atoms with Gasteiger partial charge in [0.2, 0.25) is 0 Å². The van der Waals surface area contributed by atoms with E-state index in [1.807, 2.05) is 63.2 Å². The van der Waals surface area contributed by atoms with Crippen molar-refractivity contribution in [2.24, 2.45) is 0 Å². The van der Waals surface area contributed by atoms with Crippen molar-refractivity contribution in [1.29, 1.82) is 0 Å². The number of esters is 1. The van der Waals surface area contributed by atoms with Crippen LogP contribution in [-0.4, -0.2) is 28.3 Å². The molecule has 0 saturated heterocycles. The molecule has 0 aliphatic heterocycles. The Morgan fingerprint density at radius 1 is 0.912 bits per heavy atom. The smallest absolute Gasteiger partial charge is 0.339 e. The summed E-state index contributed by atoms with van der Waals surface area (Å²) in [6.45, 7) is 5.26. The number of aromatic nitrogens is 1. The number of carbonyl (C=O) groups excluding carboxylic acids is 2. The predicted molar refractivity (Wildman–Crippen MR) is 129 cm³/mol. The maximum Gasteiger partial charge on any atom is 0.339 e. The number of nitro groups is 1. The van der Waals surface area contributed by atoms with Crippen molar-refractivity contribution in [3.63, 3.8) is 0 Å². The molecule has 4 aromatic rings. The summed E-state index contributed by atoms with van der Waals surface area (Å²) in [6, 6.07) is 18.7. The van der Waals surface area contributed by atoms with Gasteiger partial charge in [0.25, 0.3) is 5.69 Å². The number of benzene rings is 3. The van der Waals surface area contributed by atoms with Crippen molar-refractivity contribution in [3.8, 4) is 11.3 Å². The maximum absolute atomic E-state index is 13.2. The van der Waals surface area contributed by atoms with E-state index in [9.17, 15) is 19.7 Å². The number of carbonyl (C=O) groups is 2. The van der Waals surface area contributed by atoms with Gasteiger partial charge in [-0.05, 0) is 50.6 Å². The van der Waals surface area contributed by atoms with Gasteiger partial charge in [-0.2, -0.15) is 0 Å². The van der Waals surface area contributed by atoms with Crippen LogP contribution < -0.4 is 0 Å². The number of non-ortho nitro benzene ring substituents is 1. The van der Waals surface area contributed by atoms with Gasteiger partial charge in [0.1, 0.15) is 0 Å². The summed E-state index contributed by atoms with van der Waals surface area (Å²) in [5, 5.41) is 11.5. The van der Waals surface area contributed by atoms with Gasteiger partial charge < -0.3 is 4.74 Å². The van der Waals surface area contributed by atoms with Crippen LogP contribution in [0.3, 0.4) is 0 Å². The van der Waals surface area contributed by atoms with E-state index in [-0.39, 0.29) is 11.3 Å². The summed E-state index contributed by atoms with van der Waals surface area (Å²) in [5.74, 6) is -1.08. The van der Waals surface area contributed by atoms with Gasteiger partial charge >= 0.3 is 5.97 Å². The minimum absolute atomic E-state index is 0.119. The van der Waals surface area contributed by atoms with E-state index in [4.69, 9.17) is 9.72 Å². The summed E-state index contributed by atoms with van der Waals surface area (Å²) in [7, 11) is 0.